The van der Waals surface area contributed by atoms with Crippen LogP contribution in [0.5, 0.6) is 0 Å². The summed E-state index contributed by atoms with van der Waals surface area (Å²) < 4.78 is 26.9. The number of nitrogens with zero attached hydrogens (tertiary/aromatic N) is 2. The fourth-order valence-electron chi connectivity index (χ4n) is 8.82. The van der Waals surface area contributed by atoms with Crippen molar-refractivity contribution in [2.45, 2.75) is 70.4 Å². The van der Waals surface area contributed by atoms with Crippen LogP contribution in [0.1, 0.15) is 67.3 Å². The number of aromatic amines is 2. The van der Waals surface area contributed by atoms with E-state index in [9.17, 15) is 13.6 Å². The maximum absolute atomic E-state index is 14.1. The van der Waals surface area contributed by atoms with Crippen molar-refractivity contribution in [2.75, 3.05) is 31.5 Å². The molecule has 3 aromatic carbocycles. The first-order valence-electron chi connectivity index (χ1n) is 18.0. The molecule has 2 unspecified atom stereocenters. The molecule has 0 spiro atoms. The van der Waals surface area contributed by atoms with Gasteiger partial charge in [0.2, 0.25) is 5.91 Å². The number of carbonyl (C=O) groups excluding carboxylic acids is 1. The Labute approximate surface area is 304 Å². The predicted octanol–water partition coefficient (Wildman–Crippen LogP) is 9.34. The molecule has 3 aliphatic rings. The first kappa shape index (κ1) is 35.2. The summed E-state index contributed by atoms with van der Waals surface area (Å²) in [5, 5.41) is 5.40. The number of hydrogen-bond acceptors (Lipinski definition) is 3. The molecule has 266 valence electrons. The summed E-state index contributed by atoms with van der Waals surface area (Å²) in [7, 11) is 0. The number of carbonyl (C=O) groups is 1. The smallest absolute Gasteiger partial charge is 0.235 e. The van der Waals surface area contributed by atoms with Crippen molar-refractivity contribution in [1.82, 2.24) is 19.8 Å². The zero-order valence-corrected chi connectivity index (χ0v) is 30.1. The van der Waals surface area contributed by atoms with Gasteiger partial charge in [-0.05, 0) is 97.7 Å². The number of H-pyrrole nitrogens is 2. The largest absolute Gasteiger partial charge is 0.361 e. The molecule has 5 aromatic rings. The van der Waals surface area contributed by atoms with Crippen LogP contribution in [0.15, 0.2) is 85.2 Å². The van der Waals surface area contributed by atoms with E-state index >= 15 is 0 Å². The maximum atomic E-state index is 14.1. The van der Waals surface area contributed by atoms with E-state index < -0.39 is 18.8 Å². The van der Waals surface area contributed by atoms with E-state index in [-0.39, 0.29) is 30.4 Å². The lowest BCUT2D eigenvalue weighted by Gasteiger charge is -2.41. The Morgan fingerprint density at radius 1 is 0.745 bits per heavy atom. The van der Waals surface area contributed by atoms with Gasteiger partial charge in [-0.2, -0.15) is 0 Å². The van der Waals surface area contributed by atoms with Gasteiger partial charge in [0.15, 0.2) is 0 Å². The maximum Gasteiger partial charge on any atom is 0.235 e. The highest BCUT2D eigenvalue weighted by atomic mass is 35.5. The van der Waals surface area contributed by atoms with Gasteiger partial charge in [-0.15, -0.1) is 12.4 Å². The Morgan fingerprint density at radius 2 is 1.25 bits per heavy atom. The average Bonchev–Trinajstić information content (AvgIpc) is 3.85. The van der Waals surface area contributed by atoms with Gasteiger partial charge in [-0.25, -0.2) is 8.78 Å². The Morgan fingerprint density at radius 3 is 1.73 bits per heavy atom. The van der Waals surface area contributed by atoms with E-state index in [1.165, 1.54) is 11.1 Å². The quantitative estimate of drug-likeness (QED) is 0.135. The number of aromatic nitrogens is 2. The topological polar surface area (TPSA) is 67.2 Å². The zero-order chi connectivity index (χ0) is 34.4. The van der Waals surface area contributed by atoms with Crippen LogP contribution in [0, 0.1) is 0 Å². The molecule has 1 amide bonds. The predicted molar refractivity (Wildman–Crippen MR) is 207 cm³/mol. The molecule has 8 rings (SSSR count). The second-order valence-corrected chi connectivity index (χ2v) is 14.6. The number of nitrogens with one attached hydrogen (secondary N) is 3. The number of halogens is 3. The molecule has 0 aliphatic carbocycles. The van der Waals surface area contributed by atoms with E-state index in [2.05, 4.69) is 75.6 Å². The number of rotatable bonds is 10. The van der Waals surface area contributed by atoms with Crippen molar-refractivity contribution in [3.05, 3.63) is 113 Å². The number of hydrogen-bond donors (Lipinski definition) is 3. The Balaban J connectivity index is 0.00000406. The molecule has 2 aromatic heterocycles. The third-order valence-electron chi connectivity index (χ3n) is 11.6. The summed E-state index contributed by atoms with van der Waals surface area (Å²) in [6, 6.07) is 20.1. The van der Waals surface area contributed by atoms with Crippen LogP contribution >= 0.6 is 12.4 Å². The molecule has 51 heavy (non-hydrogen) atoms. The van der Waals surface area contributed by atoms with E-state index in [0.717, 1.165) is 96.0 Å². The van der Waals surface area contributed by atoms with Gasteiger partial charge in [-0.1, -0.05) is 42.5 Å². The van der Waals surface area contributed by atoms with Crippen molar-refractivity contribution in [3.63, 3.8) is 0 Å². The summed E-state index contributed by atoms with van der Waals surface area (Å²) >= 11 is 0. The summed E-state index contributed by atoms with van der Waals surface area (Å²) in [5.74, 6) is 0.101. The molecule has 6 nitrogen and oxygen atoms in total. The molecule has 5 heterocycles. The van der Waals surface area contributed by atoms with Crippen molar-refractivity contribution in [3.8, 4) is 0 Å². The zero-order valence-electron chi connectivity index (χ0n) is 29.3. The normalized spacial score (nSPS) is 20.8. The standard InChI is InChI=1S/C42H45F2N5O.ClH/c1-27(48-15-11-31(12-16-48)35-25-45-38-9-7-29(23-43)19-33(35)38)21-42(37-5-3-4-6-40(37)47-41(42)50)22-28(2)49-17-13-32(14-18-49)36-26-46-39-10-8-30(24-44)20-34(36)39;/h3-11,13,19-20,25-28,45-46H,12,14-18,21-24H2,1-2H3,(H,47,50);1H. The van der Waals surface area contributed by atoms with Crippen LogP contribution in [-0.4, -0.2) is 63.9 Å². The second-order valence-electron chi connectivity index (χ2n) is 14.6. The fourth-order valence-corrected chi connectivity index (χ4v) is 8.82. The number of fused-ring (bicyclic) bond motifs is 3. The summed E-state index contributed by atoms with van der Waals surface area (Å²) in [6.45, 7) is 7.02. The highest BCUT2D eigenvalue weighted by Gasteiger charge is 2.49. The summed E-state index contributed by atoms with van der Waals surface area (Å²) in [6.07, 6.45) is 12.0. The highest BCUT2D eigenvalue weighted by Crippen LogP contribution is 2.46. The van der Waals surface area contributed by atoms with Crippen molar-refractivity contribution in [1.29, 1.82) is 0 Å². The molecular formula is C42H46ClF2N5O. The van der Waals surface area contributed by atoms with Crippen molar-refractivity contribution < 1.29 is 13.6 Å². The number of anilines is 1. The molecular weight excluding hydrogens is 664 g/mol. The molecule has 0 fully saturated rings. The van der Waals surface area contributed by atoms with Crippen LogP contribution in [0.25, 0.3) is 33.0 Å². The highest BCUT2D eigenvalue weighted by molar-refractivity contribution is 6.06. The van der Waals surface area contributed by atoms with Gasteiger partial charge >= 0.3 is 0 Å². The molecule has 9 heteroatoms. The third-order valence-corrected chi connectivity index (χ3v) is 11.6. The van der Waals surface area contributed by atoms with Crippen LogP contribution < -0.4 is 5.32 Å². The monoisotopic (exact) mass is 709 g/mol. The molecule has 0 radical (unpaired) electrons. The molecule has 0 saturated heterocycles. The minimum Gasteiger partial charge on any atom is -0.361 e. The van der Waals surface area contributed by atoms with Gasteiger partial charge < -0.3 is 15.3 Å². The minimum absolute atomic E-state index is 0. The molecule has 2 atom stereocenters. The van der Waals surface area contributed by atoms with E-state index in [1.807, 2.05) is 48.5 Å². The lowest BCUT2D eigenvalue weighted by molar-refractivity contribution is -0.122. The molecule has 3 N–H and O–H groups in total. The van der Waals surface area contributed by atoms with Gasteiger partial charge in [0.25, 0.3) is 0 Å². The third kappa shape index (κ3) is 6.43. The number of alkyl halides is 2. The Hall–Kier alpha value is -4.24. The first-order chi connectivity index (χ1) is 24.4. The van der Waals surface area contributed by atoms with E-state index in [0.29, 0.717) is 11.1 Å². The van der Waals surface area contributed by atoms with Gasteiger partial charge in [0.05, 0.1) is 5.41 Å². The molecule has 0 saturated carbocycles. The average molecular weight is 710 g/mol. The van der Waals surface area contributed by atoms with E-state index in [4.69, 9.17) is 0 Å². The van der Waals surface area contributed by atoms with Crippen molar-refractivity contribution in [2.24, 2.45) is 0 Å². The number of benzene rings is 3. The number of para-hydroxylation sites is 1. The Kier molecular flexibility index (Phi) is 9.94. The SMILES string of the molecule is CC(CC1(CC(C)N2CC=C(c3c[nH]c4ccc(CF)cc34)CC2)C(=O)Nc2ccccc21)N1CC=C(c2c[nH]c3ccc(CF)cc23)CC1.Cl. The van der Waals surface area contributed by atoms with Crippen molar-refractivity contribution >= 4 is 57.0 Å². The lowest BCUT2D eigenvalue weighted by Crippen LogP contribution is -2.48. The van der Waals surface area contributed by atoms with Gasteiger partial charge in [0.1, 0.15) is 13.3 Å². The van der Waals surface area contributed by atoms with E-state index in [1.54, 1.807) is 0 Å². The minimum atomic E-state index is -0.636. The van der Waals surface area contributed by atoms with Gasteiger partial charge in [-0.3, -0.25) is 14.6 Å². The van der Waals surface area contributed by atoms with Crippen LogP contribution in [0.3, 0.4) is 0 Å². The van der Waals surface area contributed by atoms with Crippen LogP contribution in [-0.2, 0) is 23.6 Å². The Bertz CT molecular complexity index is 2010. The first-order valence-corrected chi connectivity index (χ1v) is 18.0. The van der Waals surface area contributed by atoms with Crippen LogP contribution in [0.2, 0.25) is 0 Å². The summed E-state index contributed by atoms with van der Waals surface area (Å²) in [4.78, 5) is 25.8. The molecule has 0 bridgehead atoms. The lowest BCUT2D eigenvalue weighted by atomic mass is 9.71. The fraction of sp³-hybridized carbons (Fsp3) is 0.357. The van der Waals surface area contributed by atoms with Crippen LogP contribution in [0.4, 0.5) is 14.5 Å². The summed E-state index contributed by atoms with van der Waals surface area (Å²) in [5.41, 5.74) is 9.74. The van der Waals surface area contributed by atoms with Gasteiger partial charge in [0, 0.05) is 89.3 Å². The number of amides is 1. The second kappa shape index (κ2) is 14.4. The molecule has 3 aliphatic heterocycles.